The number of nitrogens with zero attached hydrogens (tertiary/aromatic N) is 2. The zero-order valence-corrected chi connectivity index (χ0v) is 17.7. The highest BCUT2D eigenvalue weighted by molar-refractivity contribution is 8.13. The number of nitrogens with two attached hydrogens (primary N) is 1. The van der Waals surface area contributed by atoms with Crippen molar-refractivity contribution in [2.75, 3.05) is 26.1 Å². The van der Waals surface area contributed by atoms with Gasteiger partial charge in [-0.15, -0.1) is 16.9 Å². The quantitative estimate of drug-likeness (QED) is 0.245. The Bertz CT molecular complexity index is 877. The van der Waals surface area contributed by atoms with Crippen molar-refractivity contribution in [3.63, 3.8) is 0 Å². The number of benzene rings is 2. The van der Waals surface area contributed by atoms with E-state index in [0.29, 0.717) is 18.8 Å². The summed E-state index contributed by atoms with van der Waals surface area (Å²) < 4.78 is 51.6. The monoisotopic (exact) mass is 455 g/mol. The van der Waals surface area contributed by atoms with Crippen LogP contribution in [0.25, 0.3) is 0 Å². The molecule has 0 fully saturated rings. The Morgan fingerprint density at radius 1 is 1.16 bits per heavy atom. The maximum absolute atomic E-state index is 13.6. The van der Waals surface area contributed by atoms with Gasteiger partial charge in [0.15, 0.2) is 0 Å². The van der Waals surface area contributed by atoms with Gasteiger partial charge in [-0.25, -0.2) is 0 Å². The molecule has 31 heavy (non-hydrogen) atoms. The van der Waals surface area contributed by atoms with E-state index in [1.165, 1.54) is 18.3 Å². The van der Waals surface area contributed by atoms with Gasteiger partial charge in [-0.05, 0) is 36.6 Å². The summed E-state index contributed by atoms with van der Waals surface area (Å²) in [7, 11) is 0. The zero-order chi connectivity index (χ0) is 22.7. The van der Waals surface area contributed by atoms with E-state index in [4.69, 9.17) is 20.3 Å². The van der Waals surface area contributed by atoms with Gasteiger partial charge in [-0.2, -0.15) is 18.3 Å². The van der Waals surface area contributed by atoms with Crippen molar-refractivity contribution in [1.29, 1.82) is 0 Å². The summed E-state index contributed by atoms with van der Waals surface area (Å²) in [4.78, 5) is 0. The first-order valence-corrected chi connectivity index (χ1v) is 10.6. The summed E-state index contributed by atoms with van der Waals surface area (Å²) in [5, 5.41) is 16.8. The zero-order valence-electron chi connectivity index (χ0n) is 16.9. The van der Waals surface area contributed by atoms with Crippen molar-refractivity contribution in [1.82, 2.24) is 0 Å². The van der Waals surface area contributed by atoms with Gasteiger partial charge < -0.3 is 20.3 Å². The van der Waals surface area contributed by atoms with Gasteiger partial charge >= 0.3 is 6.18 Å². The van der Waals surface area contributed by atoms with Gasteiger partial charge in [-0.1, -0.05) is 18.2 Å². The van der Waals surface area contributed by atoms with Crippen LogP contribution in [0.1, 0.15) is 17.5 Å². The minimum atomic E-state index is -4.60. The first-order chi connectivity index (χ1) is 14.8. The van der Waals surface area contributed by atoms with Crippen molar-refractivity contribution in [3.8, 4) is 11.5 Å². The van der Waals surface area contributed by atoms with Crippen LogP contribution in [0.5, 0.6) is 11.5 Å². The Labute approximate surface area is 183 Å². The van der Waals surface area contributed by atoms with Gasteiger partial charge in [0.05, 0.1) is 31.4 Å². The van der Waals surface area contributed by atoms with Crippen LogP contribution in [0.4, 0.5) is 13.2 Å². The second-order valence-electron chi connectivity index (χ2n) is 6.29. The lowest BCUT2D eigenvalue weighted by Crippen LogP contribution is -2.25. The molecule has 0 spiro atoms. The van der Waals surface area contributed by atoms with Gasteiger partial charge in [0.2, 0.25) is 0 Å². The smallest absolute Gasteiger partial charge is 0.419 e. The Morgan fingerprint density at radius 3 is 2.52 bits per heavy atom. The van der Waals surface area contributed by atoms with Crippen molar-refractivity contribution >= 4 is 23.0 Å². The molecule has 6 nitrogen and oxygen atoms in total. The van der Waals surface area contributed by atoms with Gasteiger partial charge in [0.25, 0.3) is 0 Å². The normalized spacial score (nSPS) is 13.4. The highest BCUT2D eigenvalue weighted by atomic mass is 32.2. The summed E-state index contributed by atoms with van der Waals surface area (Å²) in [5.74, 6) is 0.427. The fourth-order valence-corrected chi connectivity index (χ4v) is 2.88. The topological polar surface area (TPSA) is 89.4 Å². The molecule has 2 aromatic carbocycles. The Morgan fingerprint density at radius 2 is 1.87 bits per heavy atom. The Hall–Kier alpha value is -2.56. The predicted molar refractivity (Wildman–Crippen MR) is 117 cm³/mol. The maximum Gasteiger partial charge on any atom is 0.419 e. The number of aliphatic hydroxyl groups excluding tert-OH is 1. The van der Waals surface area contributed by atoms with Crippen LogP contribution in [-0.4, -0.2) is 48.5 Å². The summed E-state index contributed by atoms with van der Waals surface area (Å²) in [5.41, 5.74) is 4.84. The Kier molecular flexibility index (Phi) is 9.83. The molecule has 0 saturated heterocycles. The molecule has 168 valence electrons. The first kappa shape index (κ1) is 24.7. The molecule has 10 heteroatoms. The summed E-state index contributed by atoms with van der Waals surface area (Å²) >= 11 is 1.14. The second-order valence-corrected chi connectivity index (χ2v) is 7.09. The summed E-state index contributed by atoms with van der Waals surface area (Å²) in [6, 6.07) is 12.2. The SMILES string of the molecule is CS/C(=N\N=C\C(N)CO)c1ccc(OCCCOc2ccccc2)c(C(F)(F)F)c1. The molecule has 0 aliphatic heterocycles. The molecule has 2 rings (SSSR count). The van der Waals surface area contributed by atoms with Crippen molar-refractivity contribution in [2.45, 2.75) is 18.6 Å². The fourth-order valence-electron chi connectivity index (χ4n) is 2.39. The molecule has 0 amide bonds. The molecule has 1 unspecified atom stereocenters. The van der Waals surface area contributed by atoms with E-state index < -0.39 is 17.8 Å². The molecular weight excluding hydrogens is 431 g/mol. The van der Waals surface area contributed by atoms with E-state index >= 15 is 0 Å². The largest absolute Gasteiger partial charge is 0.493 e. The Balaban J connectivity index is 2.06. The van der Waals surface area contributed by atoms with Crippen LogP contribution in [0.2, 0.25) is 0 Å². The minimum absolute atomic E-state index is 0.0715. The molecule has 0 radical (unpaired) electrons. The molecule has 0 aliphatic carbocycles. The predicted octanol–water partition coefficient (Wildman–Crippen LogP) is 3.97. The number of thioether (sulfide) groups is 1. The lowest BCUT2D eigenvalue weighted by Gasteiger charge is -2.15. The second kappa shape index (κ2) is 12.3. The standard InChI is InChI=1S/C21H24F3N3O3S/c1-31-20(27-26-13-16(25)14-28)15-8-9-19(18(12-15)21(22,23)24)30-11-5-10-29-17-6-3-2-4-7-17/h2-4,6-9,12-13,16,28H,5,10-11,14,25H2,1H3/b26-13+,27-20-. The molecule has 0 aliphatic rings. The van der Waals surface area contributed by atoms with Gasteiger partial charge in [-0.3, -0.25) is 0 Å². The molecule has 1 atom stereocenters. The third kappa shape index (κ3) is 8.23. The fraction of sp³-hybridized carbons (Fsp3) is 0.333. The van der Waals surface area contributed by atoms with E-state index in [9.17, 15) is 13.2 Å². The molecule has 0 saturated carbocycles. The summed E-state index contributed by atoms with van der Waals surface area (Å²) in [6.45, 7) is 0.0804. The molecule has 0 heterocycles. The van der Waals surface area contributed by atoms with E-state index in [2.05, 4.69) is 10.2 Å². The van der Waals surface area contributed by atoms with E-state index in [1.807, 2.05) is 18.2 Å². The first-order valence-electron chi connectivity index (χ1n) is 9.39. The number of ether oxygens (including phenoxy) is 2. The molecule has 0 aromatic heterocycles. The van der Waals surface area contributed by atoms with Crippen molar-refractivity contribution < 1.29 is 27.8 Å². The number of rotatable bonds is 10. The van der Waals surface area contributed by atoms with E-state index in [0.717, 1.165) is 17.8 Å². The molecule has 3 N–H and O–H groups in total. The average molecular weight is 456 g/mol. The third-order valence-electron chi connectivity index (χ3n) is 3.90. The number of hydrogen-bond donors (Lipinski definition) is 2. The number of alkyl halides is 3. The van der Waals surface area contributed by atoms with Crippen LogP contribution in [0, 0.1) is 0 Å². The average Bonchev–Trinajstić information content (AvgIpc) is 2.76. The van der Waals surface area contributed by atoms with Gasteiger partial charge in [0, 0.05) is 18.2 Å². The molecular formula is C21H24F3N3O3S. The van der Waals surface area contributed by atoms with Gasteiger partial charge in [0.1, 0.15) is 16.5 Å². The highest BCUT2D eigenvalue weighted by Gasteiger charge is 2.35. The lowest BCUT2D eigenvalue weighted by atomic mass is 10.1. The minimum Gasteiger partial charge on any atom is -0.493 e. The van der Waals surface area contributed by atoms with E-state index in [-0.39, 0.29) is 29.6 Å². The van der Waals surface area contributed by atoms with Crippen molar-refractivity contribution in [2.24, 2.45) is 15.9 Å². The van der Waals surface area contributed by atoms with Crippen LogP contribution < -0.4 is 15.2 Å². The molecule has 2 aromatic rings. The van der Waals surface area contributed by atoms with Crippen LogP contribution in [0.15, 0.2) is 58.7 Å². The number of para-hydroxylation sites is 1. The number of aliphatic hydroxyl groups is 1. The maximum atomic E-state index is 13.6. The van der Waals surface area contributed by atoms with Crippen molar-refractivity contribution in [3.05, 3.63) is 59.7 Å². The third-order valence-corrected chi connectivity index (χ3v) is 4.61. The van der Waals surface area contributed by atoms with Crippen LogP contribution in [0.3, 0.4) is 0 Å². The van der Waals surface area contributed by atoms with E-state index in [1.54, 1.807) is 18.4 Å². The number of halogens is 3. The highest BCUT2D eigenvalue weighted by Crippen LogP contribution is 2.37. The lowest BCUT2D eigenvalue weighted by molar-refractivity contribution is -0.139. The summed E-state index contributed by atoms with van der Waals surface area (Å²) in [6.07, 6.45) is -1.29. The van der Waals surface area contributed by atoms with Crippen LogP contribution in [-0.2, 0) is 6.18 Å². The van der Waals surface area contributed by atoms with Crippen LogP contribution >= 0.6 is 11.8 Å². The number of hydrogen-bond acceptors (Lipinski definition) is 7. The molecule has 0 bridgehead atoms.